The summed E-state index contributed by atoms with van der Waals surface area (Å²) in [5, 5.41) is 3.28. The zero-order chi connectivity index (χ0) is 15.2. The van der Waals surface area contributed by atoms with Crippen LogP contribution in [0.1, 0.15) is 23.7 Å². The molecule has 0 radical (unpaired) electrons. The third-order valence-electron chi connectivity index (χ3n) is 3.51. The van der Waals surface area contributed by atoms with Crippen LogP contribution in [-0.4, -0.2) is 62.6 Å². The maximum Gasteiger partial charge on any atom is 0.257 e. The van der Waals surface area contributed by atoms with Gasteiger partial charge in [0.1, 0.15) is 6.61 Å². The molecule has 1 aromatic carbocycles. The minimum atomic E-state index is 0.0549. The average Bonchev–Trinajstić information content (AvgIpc) is 2.50. The highest BCUT2D eigenvalue weighted by Gasteiger charge is 2.22. The molecule has 0 atom stereocenters. The van der Waals surface area contributed by atoms with Gasteiger partial charge in [-0.1, -0.05) is 13.0 Å². The molecule has 21 heavy (non-hydrogen) atoms. The first-order valence-electron chi connectivity index (χ1n) is 7.57. The van der Waals surface area contributed by atoms with E-state index in [2.05, 4.69) is 17.1 Å². The molecule has 116 valence electrons. The highest BCUT2D eigenvalue weighted by atomic mass is 16.5. The number of carbonyl (C=O) groups is 1. The molecule has 0 saturated heterocycles. The number of fused-ring (bicyclic) bond motifs is 1. The van der Waals surface area contributed by atoms with E-state index in [1.807, 2.05) is 37.2 Å². The number of para-hydroxylation sites is 1. The van der Waals surface area contributed by atoms with E-state index in [0.717, 1.165) is 38.3 Å². The lowest BCUT2D eigenvalue weighted by molar-refractivity contribution is 0.0740. The molecule has 1 aliphatic heterocycles. The first-order chi connectivity index (χ1) is 10.1. The monoisotopic (exact) mass is 291 g/mol. The number of carbonyl (C=O) groups excluding carboxylic acids is 1. The predicted octanol–water partition coefficient (Wildman–Crippen LogP) is 1.90. The van der Waals surface area contributed by atoms with Gasteiger partial charge in [0, 0.05) is 26.2 Å². The highest BCUT2D eigenvalue weighted by molar-refractivity contribution is 5.99. The fourth-order valence-corrected chi connectivity index (χ4v) is 2.41. The van der Waals surface area contributed by atoms with Crippen LogP contribution in [0.15, 0.2) is 18.2 Å². The smallest absolute Gasteiger partial charge is 0.257 e. The van der Waals surface area contributed by atoms with Gasteiger partial charge in [-0.05, 0) is 32.6 Å². The van der Waals surface area contributed by atoms with Crippen LogP contribution < -0.4 is 10.1 Å². The van der Waals surface area contributed by atoms with Gasteiger partial charge in [0.05, 0.1) is 11.3 Å². The number of nitrogens with zero attached hydrogens (tertiary/aromatic N) is 2. The molecule has 0 bridgehead atoms. The Labute approximate surface area is 126 Å². The lowest BCUT2D eigenvalue weighted by atomic mass is 10.1. The normalized spacial score (nSPS) is 13.3. The first-order valence-corrected chi connectivity index (χ1v) is 7.57. The molecule has 1 aromatic rings. The molecule has 0 aromatic heterocycles. The molecular weight excluding hydrogens is 266 g/mol. The maximum absolute atomic E-state index is 12.8. The summed E-state index contributed by atoms with van der Waals surface area (Å²) in [7, 11) is 4.04. The number of hydrogen-bond acceptors (Lipinski definition) is 4. The molecule has 2 rings (SSSR count). The van der Waals surface area contributed by atoms with Gasteiger partial charge in [-0.15, -0.1) is 0 Å². The Kier molecular flexibility index (Phi) is 5.44. The average molecular weight is 291 g/mol. The van der Waals surface area contributed by atoms with Crippen LogP contribution in [0.4, 0.5) is 5.69 Å². The molecule has 1 N–H and O–H groups in total. The number of ether oxygens (including phenoxy) is 1. The lowest BCUT2D eigenvalue weighted by Crippen LogP contribution is -2.37. The number of likely N-dealkylation sites (N-methyl/N-ethyl adjacent to an activating group) is 1. The minimum absolute atomic E-state index is 0.0549. The van der Waals surface area contributed by atoms with E-state index in [1.54, 1.807) is 0 Å². The van der Waals surface area contributed by atoms with E-state index in [4.69, 9.17) is 4.74 Å². The summed E-state index contributed by atoms with van der Waals surface area (Å²) in [5.41, 5.74) is 1.57. The summed E-state index contributed by atoms with van der Waals surface area (Å²) >= 11 is 0. The number of hydrogen-bond donors (Lipinski definition) is 1. The fourth-order valence-electron chi connectivity index (χ4n) is 2.41. The number of benzene rings is 1. The van der Waals surface area contributed by atoms with Crippen molar-refractivity contribution in [2.75, 3.05) is 52.2 Å². The molecule has 0 spiro atoms. The van der Waals surface area contributed by atoms with Crippen molar-refractivity contribution in [3.63, 3.8) is 0 Å². The molecule has 1 amide bonds. The summed E-state index contributed by atoms with van der Waals surface area (Å²) in [6.07, 6.45) is 0.952. The quantitative estimate of drug-likeness (QED) is 0.869. The van der Waals surface area contributed by atoms with Crippen molar-refractivity contribution in [3.8, 4) is 5.75 Å². The van der Waals surface area contributed by atoms with Gasteiger partial charge < -0.3 is 19.9 Å². The zero-order valence-corrected chi connectivity index (χ0v) is 13.2. The molecule has 5 nitrogen and oxygen atoms in total. The van der Waals surface area contributed by atoms with Gasteiger partial charge in [0.15, 0.2) is 5.75 Å². The number of rotatable bonds is 6. The van der Waals surface area contributed by atoms with Crippen LogP contribution in [-0.2, 0) is 0 Å². The molecule has 0 unspecified atom stereocenters. The van der Waals surface area contributed by atoms with Gasteiger partial charge >= 0.3 is 0 Å². The Morgan fingerprint density at radius 1 is 1.29 bits per heavy atom. The lowest BCUT2D eigenvalue weighted by Gasteiger charge is -2.27. The third-order valence-corrected chi connectivity index (χ3v) is 3.51. The number of nitrogens with one attached hydrogen (secondary N) is 1. The fraction of sp³-hybridized carbons (Fsp3) is 0.562. The molecule has 0 fully saturated rings. The van der Waals surface area contributed by atoms with Gasteiger partial charge in [-0.3, -0.25) is 4.79 Å². The van der Waals surface area contributed by atoms with Crippen molar-refractivity contribution in [2.24, 2.45) is 0 Å². The Morgan fingerprint density at radius 2 is 2.10 bits per heavy atom. The topological polar surface area (TPSA) is 44.8 Å². The van der Waals surface area contributed by atoms with Gasteiger partial charge in [0.25, 0.3) is 5.91 Å². The van der Waals surface area contributed by atoms with Crippen LogP contribution in [0.2, 0.25) is 0 Å². The van der Waals surface area contributed by atoms with Crippen LogP contribution in [0.5, 0.6) is 5.75 Å². The van der Waals surface area contributed by atoms with Crippen molar-refractivity contribution < 1.29 is 9.53 Å². The van der Waals surface area contributed by atoms with Crippen LogP contribution in [0.3, 0.4) is 0 Å². The number of amides is 1. The van der Waals surface area contributed by atoms with Gasteiger partial charge in [0.2, 0.25) is 0 Å². The first kappa shape index (κ1) is 15.6. The largest absolute Gasteiger partial charge is 0.489 e. The van der Waals surface area contributed by atoms with Crippen molar-refractivity contribution >= 4 is 11.6 Å². The van der Waals surface area contributed by atoms with Crippen molar-refractivity contribution in [3.05, 3.63) is 23.8 Å². The Morgan fingerprint density at radius 3 is 2.81 bits per heavy atom. The highest BCUT2D eigenvalue weighted by Crippen LogP contribution is 2.32. The van der Waals surface area contributed by atoms with Crippen molar-refractivity contribution in [1.82, 2.24) is 9.80 Å². The summed E-state index contributed by atoms with van der Waals surface area (Å²) in [4.78, 5) is 16.8. The van der Waals surface area contributed by atoms with Crippen LogP contribution in [0, 0.1) is 0 Å². The standard InChI is InChI=1S/C16H25N3O2/c1-4-9-19(11-10-18(2)3)16(20)13-6-5-7-14-15(13)21-12-8-17-14/h5-7,17H,4,8-12H2,1-3H3. The van der Waals surface area contributed by atoms with E-state index < -0.39 is 0 Å². The summed E-state index contributed by atoms with van der Waals surface area (Å²) in [6, 6.07) is 5.71. The Bertz CT molecular complexity index is 488. The SMILES string of the molecule is CCCN(CCN(C)C)C(=O)c1cccc2c1OCCN2. The van der Waals surface area contributed by atoms with Crippen LogP contribution in [0.25, 0.3) is 0 Å². The molecule has 1 heterocycles. The molecular formula is C16H25N3O2. The van der Waals surface area contributed by atoms with E-state index >= 15 is 0 Å². The molecule has 0 aliphatic carbocycles. The van der Waals surface area contributed by atoms with E-state index in [0.29, 0.717) is 17.9 Å². The molecule has 5 heteroatoms. The third kappa shape index (κ3) is 3.88. The Hall–Kier alpha value is -1.75. The van der Waals surface area contributed by atoms with E-state index in [1.165, 1.54) is 0 Å². The number of anilines is 1. The van der Waals surface area contributed by atoms with Crippen molar-refractivity contribution in [1.29, 1.82) is 0 Å². The maximum atomic E-state index is 12.8. The minimum Gasteiger partial charge on any atom is -0.489 e. The predicted molar refractivity (Wildman–Crippen MR) is 85.2 cm³/mol. The Balaban J connectivity index is 2.20. The molecule has 0 saturated carbocycles. The second-order valence-corrected chi connectivity index (χ2v) is 5.55. The second kappa shape index (κ2) is 7.31. The summed E-state index contributed by atoms with van der Waals surface area (Å²) < 4.78 is 5.71. The van der Waals surface area contributed by atoms with Crippen LogP contribution >= 0.6 is 0 Å². The summed E-state index contributed by atoms with van der Waals surface area (Å²) in [6.45, 7) is 5.83. The van der Waals surface area contributed by atoms with Gasteiger partial charge in [-0.25, -0.2) is 0 Å². The zero-order valence-electron chi connectivity index (χ0n) is 13.2. The second-order valence-electron chi connectivity index (χ2n) is 5.55. The van der Waals surface area contributed by atoms with Gasteiger partial charge in [-0.2, -0.15) is 0 Å². The van der Waals surface area contributed by atoms with E-state index in [9.17, 15) is 4.79 Å². The summed E-state index contributed by atoms with van der Waals surface area (Å²) in [5.74, 6) is 0.749. The molecule has 1 aliphatic rings. The van der Waals surface area contributed by atoms with E-state index in [-0.39, 0.29) is 5.91 Å². The van der Waals surface area contributed by atoms with Crippen molar-refractivity contribution in [2.45, 2.75) is 13.3 Å².